The molecular formula is C19H33NO. The molecule has 0 radical (unpaired) electrons. The van der Waals surface area contributed by atoms with Gasteiger partial charge in [-0.1, -0.05) is 46.2 Å². The van der Waals surface area contributed by atoms with E-state index in [0.717, 1.165) is 31.2 Å². The molecule has 21 heavy (non-hydrogen) atoms. The van der Waals surface area contributed by atoms with Crippen LogP contribution in [0.25, 0.3) is 0 Å². The van der Waals surface area contributed by atoms with Crippen LogP contribution in [0.1, 0.15) is 71.4 Å². The molecule has 120 valence electrons. The number of hydrogen-bond acceptors (Lipinski definition) is 2. The van der Waals surface area contributed by atoms with Crippen molar-refractivity contribution in [2.75, 3.05) is 13.2 Å². The molecule has 0 aliphatic carbocycles. The van der Waals surface area contributed by atoms with Gasteiger partial charge in [0.1, 0.15) is 5.75 Å². The lowest BCUT2D eigenvalue weighted by atomic mass is 9.97. The molecule has 0 spiro atoms. The maximum atomic E-state index is 5.74. The number of ether oxygens (including phenoxy) is 1. The predicted molar refractivity (Wildman–Crippen MR) is 92.0 cm³/mol. The van der Waals surface area contributed by atoms with Gasteiger partial charge in [0.05, 0.1) is 6.61 Å². The van der Waals surface area contributed by atoms with Gasteiger partial charge in [0, 0.05) is 6.04 Å². The lowest BCUT2D eigenvalue weighted by Crippen LogP contribution is -2.22. The zero-order valence-corrected chi connectivity index (χ0v) is 14.3. The minimum atomic E-state index is 0.469. The van der Waals surface area contributed by atoms with Gasteiger partial charge in [0.2, 0.25) is 0 Å². The molecule has 1 aromatic carbocycles. The first-order valence-corrected chi connectivity index (χ1v) is 8.63. The van der Waals surface area contributed by atoms with Gasteiger partial charge in [-0.2, -0.15) is 0 Å². The van der Waals surface area contributed by atoms with Crippen molar-refractivity contribution in [2.24, 2.45) is 5.92 Å². The van der Waals surface area contributed by atoms with E-state index in [1.54, 1.807) is 0 Å². The Morgan fingerprint density at radius 2 is 1.71 bits per heavy atom. The highest BCUT2D eigenvalue weighted by Gasteiger charge is 2.11. The highest BCUT2D eigenvalue weighted by molar-refractivity contribution is 5.29. The lowest BCUT2D eigenvalue weighted by Gasteiger charge is -2.20. The summed E-state index contributed by atoms with van der Waals surface area (Å²) in [6.45, 7) is 10.9. The average Bonchev–Trinajstić information content (AvgIpc) is 2.48. The van der Waals surface area contributed by atoms with Gasteiger partial charge in [-0.15, -0.1) is 0 Å². The molecule has 0 bridgehead atoms. The van der Waals surface area contributed by atoms with Gasteiger partial charge in [0.25, 0.3) is 0 Å². The fraction of sp³-hybridized carbons (Fsp3) is 0.684. The molecule has 1 unspecified atom stereocenters. The van der Waals surface area contributed by atoms with Gasteiger partial charge in [-0.05, 0) is 55.8 Å². The van der Waals surface area contributed by atoms with Crippen molar-refractivity contribution in [1.29, 1.82) is 0 Å². The van der Waals surface area contributed by atoms with Gasteiger partial charge in [-0.3, -0.25) is 0 Å². The second-order valence-electron chi connectivity index (χ2n) is 6.25. The van der Waals surface area contributed by atoms with Crippen LogP contribution >= 0.6 is 0 Å². The van der Waals surface area contributed by atoms with Crippen molar-refractivity contribution in [2.45, 2.75) is 65.8 Å². The van der Waals surface area contributed by atoms with E-state index in [-0.39, 0.29) is 0 Å². The first-order valence-electron chi connectivity index (χ1n) is 8.63. The summed E-state index contributed by atoms with van der Waals surface area (Å²) < 4.78 is 5.74. The number of rotatable bonds is 11. The molecule has 2 nitrogen and oxygen atoms in total. The molecule has 2 heteroatoms. The molecule has 0 aromatic heterocycles. The summed E-state index contributed by atoms with van der Waals surface area (Å²) in [5.74, 6) is 1.75. The van der Waals surface area contributed by atoms with Crippen molar-refractivity contribution < 1.29 is 4.74 Å². The fourth-order valence-electron chi connectivity index (χ4n) is 2.34. The largest absolute Gasteiger partial charge is 0.494 e. The molecule has 0 heterocycles. The van der Waals surface area contributed by atoms with Crippen LogP contribution in [0, 0.1) is 5.92 Å². The fourth-order valence-corrected chi connectivity index (χ4v) is 2.34. The minimum Gasteiger partial charge on any atom is -0.494 e. The second kappa shape index (κ2) is 10.7. The Balaban J connectivity index is 2.59. The summed E-state index contributed by atoms with van der Waals surface area (Å²) in [6.07, 6.45) is 5.94. The highest BCUT2D eigenvalue weighted by atomic mass is 16.5. The molecule has 0 aliphatic rings. The van der Waals surface area contributed by atoms with E-state index < -0.39 is 0 Å². The van der Waals surface area contributed by atoms with Crippen LogP contribution in [0.5, 0.6) is 5.75 Å². The summed E-state index contributed by atoms with van der Waals surface area (Å²) in [6, 6.07) is 9.13. The van der Waals surface area contributed by atoms with Gasteiger partial charge in [0.15, 0.2) is 0 Å². The SMILES string of the molecule is CCCCOc1ccc(C(CCC(C)C)NCCC)cc1. The van der Waals surface area contributed by atoms with Crippen molar-refractivity contribution in [3.63, 3.8) is 0 Å². The molecule has 1 N–H and O–H groups in total. The quantitative estimate of drug-likeness (QED) is 0.555. The van der Waals surface area contributed by atoms with Crippen LogP contribution < -0.4 is 10.1 Å². The maximum Gasteiger partial charge on any atom is 0.119 e. The summed E-state index contributed by atoms with van der Waals surface area (Å²) in [4.78, 5) is 0. The third-order valence-electron chi connectivity index (χ3n) is 3.72. The van der Waals surface area contributed by atoms with Gasteiger partial charge >= 0.3 is 0 Å². The maximum absolute atomic E-state index is 5.74. The third kappa shape index (κ3) is 7.52. The monoisotopic (exact) mass is 291 g/mol. The van der Waals surface area contributed by atoms with Crippen molar-refractivity contribution >= 4 is 0 Å². The second-order valence-corrected chi connectivity index (χ2v) is 6.25. The molecule has 0 saturated carbocycles. The van der Waals surface area contributed by atoms with E-state index in [2.05, 4.69) is 57.3 Å². The zero-order chi connectivity index (χ0) is 15.5. The standard InChI is InChI=1S/C19H33NO/c1-5-7-15-21-18-11-9-17(10-12-18)19(20-14-6-2)13-8-16(3)4/h9-12,16,19-20H,5-8,13-15H2,1-4H3. The first kappa shape index (κ1) is 18.0. The molecule has 0 amide bonds. The summed E-state index contributed by atoms with van der Waals surface area (Å²) in [5, 5.41) is 3.67. The van der Waals surface area contributed by atoms with Gasteiger partial charge < -0.3 is 10.1 Å². The Morgan fingerprint density at radius 3 is 2.29 bits per heavy atom. The first-order chi connectivity index (χ1) is 10.2. The lowest BCUT2D eigenvalue weighted by molar-refractivity contribution is 0.309. The number of hydrogen-bond donors (Lipinski definition) is 1. The average molecular weight is 291 g/mol. The third-order valence-corrected chi connectivity index (χ3v) is 3.72. The Labute approximate surface area is 131 Å². The molecule has 0 fully saturated rings. The molecule has 1 aromatic rings. The van der Waals surface area contributed by atoms with E-state index in [1.807, 2.05) is 0 Å². The number of unbranched alkanes of at least 4 members (excludes halogenated alkanes) is 1. The van der Waals surface area contributed by atoms with Crippen LogP contribution in [0.4, 0.5) is 0 Å². The van der Waals surface area contributed by atoms with Crippen LogP contribution in [0.2, 0.25) is 0 Å². The molecular weight excluding hydrogens is 258 g/mol. The summed E-state index contributed by atoms with van der Waals surface area (Å²) in [7, 11) is 0. The van der Waals surface area contributed by atoms with E-state index >= 15 is 0 Å². The Hall–Kier alpha value is -1.02. The van der Waals surface area contributed by atoms with Crippen molar-refractivity contribution in [3.05, 3.63) is 29.8 Å². The highest BCUT2D eigenvalue weighted by Crippen LogP contribution is 2.23. The van der Waals surface area contributed by atoms with Crippen LogP contribution in [0.15, 0.2) is 24.3 Å². The Morgan fingerprint density at radius 1 is 1.00 bits per heavy atom. The van der Waals surface area contributed by atoms with Crippen molar-refractivity contribution in [1.82, 2.24) is 5.32 Å². The van der Waals surface area contributed by atoms with E-state index in [4.69, 9.17) is 4.74 Å². The Bertz CT molecular complexity index is 358. The smallest absolute Gasteiger partial charge is 0.119 e. The van der Waals surface area contributed by atoms with Crippen molar-refractivity contribution in [3.8, 4) is 5.75 Å². The van der Waals surface area contributed by atoms with Crippen LogP contribution in [-0.2, 0) is 0 Å². The minimum absolute atomic E-state index is 0.469. The summed E-state index contributed by atoms with van der Waals surface area (Å²) >= 11 is 0. The summed E-state index contributed by atoms with van der Waals surface area (Å²) in [5.41, 5.74) is 1.38. The van der Waals surface area contributed by atoms with Crippen LogP contribution in [-0.4, -0.2) is 13.2 Å². The van der Waals surface area contributed by atoms with E-state index in [1.165, 1.54) is 31.2 Å². The normalized spacial score (nSPS) is 12.6. The van der Waals surface area contributed by atoms with E-state index in [0.29, 0.717) is 6.04 Å². The topological polar surface area (TPSA) is 21.3 Å². The number of nitrogens with one attached hydrogen (secondary N) is 1. The number of benzene rings is 1. The van der Waals surface area contributed by atoms with E-state index in [9.17, 15) is 0 Å². The zero-order valence-electron chi connectivity index (χ0n) is 14.3. The van der Waals surface area contributed by atoms with Crippen LogP contribution in [0.3, 0.4) is 0 Å². The molecule has 0 aliphatic heterocycles. The molecule has 1 rings (SSSR count). The predicted octanol–water partition coefficient (Wildman–Crippen LogP) is 5.34. The molecule has 1 atom stereocenters. The molecule has 0 saturated heterocycles. The Kier molecular flexibility index (Phi) is 9.16. The van der Waals surface area contributed by atoms with Gasteiger partial charge in [-0.25, -0.2) is 0 Å².